The molecule has 146 valence electrons. The normalized spacial score (nSPS) is 14.4. The lowest BCUT2D eigenvalue weighted by Gasteiger charge is -2.25. The molecule has 10 heteroatoms. The summed E-state index contributed by atoms with van der Waals surface area (Å²) in [5.41, 5.74) is 0.829. The first-order valence-electron chi connectivity index (χ1n) is 8.32. The third-order valence-corrected chi connectivity index (χ3v) is 7.16. The van der Waals surface area contributed by atoms with E-state index < -0.39 is 27.4 Å². The summed E-state index contributed by atoms with van der Waals surface area (Å²) in [5.74, 6) is -1.55. The van der Waals surface area contributed by atoms with Crippen LogP contribution >= 0.6 is 11.3 Å². The van der Waals surface area contributed by atoms with Gasteiger partial charge in [-0.15, -0.1) is 11.3 Å². The Labute approximate surface area is 163 Å². The number of hydrogen-bond donors (Lipinski definition) is 1. The molecule has 0 unspecified atom stereocenters. The van der Waals surface area contributed by atoms with Crippen molar-refractivity contribution >= 4 is 32.9 Å². The number of nitrogens with one attached hydrogen (secondary N) is 1. The average molecular weight is 423 g/mol. The highest BCUT2D eigenvalue weighted by Crippen LogP contribution is 2.34. The number of H-pyrrole nitrogens is 1. The molecule has 0 aliphatic carbocycles. The molecule has 0 spiro atoms. The lowest BCUT2D eigenvalue weighted by atomic mass is 10.1. The Morgan fingerprint density at radius 3 is 2.54 bits per heavy atom. The zero-order valence-corrected chi connectivity index (χ0v) is 16.5. The first-order chi connectivity index (χ1) is 13.2. The second-order valence-electron chi connectivity index (χ2n) is 6.51. The van der Waals surface area contributed by atoms with Crippen LogP contribution in [0.2, 0.25) is 0 Å². The van der Waals surface area contributed by atoms with Gasteiger partial charge in [-0.3, -0.25) is 9.69 Å². The topological polar surface area (TPSA) is 83.1 Å². The predicted molar refractivity (Wildman–Crippen MR) is 101 cm³/mol. The number of aryl methyl sites for hydroxylation is 1. The van der Waals surface area contributed by atoms with E-state index in [4.69, 9.17) is 0 Å². The highest BCUT2D eigenvalue weighted by Gasteiger charge is 2.32. The van der Waals surface area contributed by atoms with Gasteiger partial charge in [0.2, 0.25) is 14.2 Å². The zero-order valence-electron chi connectivity index (χ0n) is 14.9. The number of anilines is 1. The molecule has 3 heterocycles. The molecule has 0 saturated heterocycles. The maximum absolute atomic E-state index is 14.1. The van der Waals surface area contributed by atoms with Crippen LogP contribution in [0.5, 0.6) is 0 Å². The van der Waals surface area contributed by atoms with E-state index in [0.717, 1.165) is 29.7 Å². The fourth-order valence-corrected chi connectivity index (χ4v) is 5.10. The molecule has 0 bridgehead atoms. The minimum absolute atomic E-state index is 0.0539. The molecule has 3 aromatic rings. The molecule has 1 N–H and O–H groups in total. The average Bonchev–Trinajstić information content (AvgIpc) is 3.19. The Morgan fingerprint density at radius 2 is 1.93 bits per heavy atom. The summed E-state index contributed by atoms with van der Waals surface area (Å²) in [6.45, 7) is 1.97. The number of nitrogens with zero attached hydrogens (tertiary/aromatic N) is 2. The number of benzene rings is 1. The molecule has 6 nitrogen and oxygen atoms in total. The lowest BCUT2D eigenvalue weighted by Crippen LogP contribution is -2.37. The molecule has 0 fully saturated rings. The van der Waals surface area contributed by atoms with Crippen molar-refractivity contribution < 1.29 is 22.0 Å². The van der Waals surface area contributed by atoms with Crippen LogP contribution in [-0.4, -0.2) is 37.1 Å². The Bertz CT molecular complexity index is 1190. The van der Waals surface area contributed by atoms with Gasteiger partial charge in [0.1, 0.15) is 11.6 Å². The molecule has 0 radical (unpaired) electrons. The van der Waals surface area contributed by atoms with Crippen LogP contribution in [0.15, 0.2) is 28.6 Å². The molecule has 0 atom stereocenters. The van der Waals surface area contributed by atoms with Crippen molar-refractivity contribution in [2.75, 3.05) is 17.7 Å². The van der Waals surface area contributed by atoms with Gasteiger partial charge in [-0.2, -0.15) is 0 Å². The van der Waals surface area contributed by atoms with Gasteiger partial charge < -0.3 is 4.98 Å². The van der Waals surface area contributed by atoms with Gasteiger partial charge in [0.25, 0.3) is 5.91 Å². The monoisotopic (exact) mass is 423 g/mol. The van der Waals surface area contributed by atoms with E-state index in [9.17, 15) is 22.0 Å². The minimum Gasteiger partial charge on any atom is -0.358 e. The number of carbonyl (C=O) groups excluding carboxylic acids is 1. The number of fused-ring (bicyclic) bond motifs is 1. The van der Waals surface area contributed by atoms with Crippen molar-refractivity contribution in [1.82, 2.24) is 9.97 Å². The summed E-state index contributed by atoms with van der Waals surface area (Å²) in [6, 6.07) is 4.99. The highest BCUT2D eigenvalue weighted by atomic mass is 32.2. The van der Waals surface area contributed by atoms with E-state index in [1.54, 1.807) is 6.92 Å². The summed E-state index contributed by atoms with van der Waals surface area (Å²) in [4.78, 5) is 22.0. The molecule has 2 aromatic heterocycles. The van der Waals surface area contributed by atoms with Crippen molar-refractivity contribution in [2.45, 2.75) is 17.7 Å². The lowest BCUT2D eigenvalue weighted by molar-refractivity contribution is 0.0979. The fourth-order valence-electron chi connectivity index (χ4n) is 3.22. The number of sulfone groups is 1. The van der Waals surface area contributed by atoms with E-state index in [-0.39, 0.29) is 27.7 Å². The number of hydrogen-bond acceptors (Lipinski definition) is 5. The Morgan fingerprint density at radius 1 is 1.25 bits per heavy atom. The summed E-state index contributed by atoms with van der Waals surface area (Å²) in [7, 11) is -3.48. The van der Waals surface area contributed by atoms with Gasteiger partial charge in [-0.1, -0.05) is 6.07 Å². The number of rotatable bonds is 3. The number of thiazole rings is 1. The third kappa shape index (κ3) is 3.02. The standard InChI is InChI=1S/C18H15F2N3O3S2/c1-9-16(22-18(27-9)28(2,25)26)23-7-6-13-10(17(23)24)8-14(21-13)15-11(19)4-3-5-12(15)20/h3-5,8,21H,6-7H2,1-2H3. The molecule has 1 aliphatic rings. The van der Waals surface area contributed by atoms with Crippen LogP contribution in [-0.2, 0) is 16.3 Å². The summed E-state index contributed by atoms with van der Waals surface area (Å²) in [6.07, 6.45) is 1.48. The van der Waals surface area contributed by atoms with E-state index in [2.05, 4.69) is 9.97 Å². The fraction of sp³-hybridized carbons (Fsp3) is 0.222. The van der Waals surface area contributed by atoms with Crippen LogP contribution in [0.4, 0.5) is 14.6 Å². The van der Waals surface area contributed by atoms with Crippen molar-refractivity contribution in [3.63, 3.8) is 0 Å². The summed E-state index contributed by atoms with van der Waals surface area (Å²) >= 11 is 1.00. The first kappa shape index (κ1) is 18.8. The van der Waals surface area contributed by atoms with E-state index >= 15 is 0 Å². The van der Waals surface area contributed by atoms with E-state index in [0.29, 0.717) is 22.8 Å². The summed E-state index contributed by atoms with van der Waals surface area (Å²) in [5, 5.41) is 0. The van der Waals surface area contributed by atoms with Crippen molar-refractivity contribution in [3.05, 3.63) is 52.0 Å². The van der Waals surface area contributed by atoms with Gasteiger partial charge in [0, 0.05) is 29.8 Å². The molecule has 1 amide bonds. The largest absolute Gasteiger partial charge is 0.358 e. The number of carbonyl (C=O) groups is 1. The van der Waals surface area contributed by atoms with Crippen molar-refractivity contribution in [2.24, 2.45) is 0 Å². The molecule has 28 heavy (non-hydrogen) atoms. The van der Waals surface area contributed by atoms with Gasteiger partial charge in [-0.05, 0) is 25.1 Å². The maximum Gasteiger partial charge on any atom is 0.261 e. The molecular formula is C18H15F2N3O3S2. The van der Waals surface area contributed by atoms with Crippen molar-refractivity contribution in [3.8, 4) is 11.3 Å². The molecule has 0 saturated carbocycles. The van der Waals surface area contributed by atoms with Crippen LogP contribution in [0, 0.1) is 18.6 Å². The predicted octanol–water partition coefficient (Wildman–Crippen LogP) is 3.33. The number of aromatic nitrogens is 2. The number of halogens is 2. The first-order valence-corrected chi connectivity index (χ1v) is 11.0. The van der Waals surface area contributed by atoms with Gasteiger partial charge in [0.15, 0.2) is 5.82 Å². The van der Waals surface area contributed by atoms with Gasteiger partial charge in [0.05, 0.1) is 16.8 Å². The third-order valence-electron chi connectivity index (χ3n) is 4.52. The Balaban J connectivity index is 1.74. The van der Waals surface area contributed by atoms with Crippen LogP contribution < -0.4 is 4.90 Å². The number of aromatic amines is 1. The maximum atomic E-state index is 14.1. The quantitative estimate of drug-likeness (QED) is 0.701. The van der Waals surface area contributed by atoms with Crippen molar-refractivity contribution in [1.29, 1.82) is 0 Å². The van der Waals surface area contributed by atoms with Crippen LogP contribution in [0.25, 0.3) is 11.3 Å². The molecule has 4 rings (SSSR count). The van der Waals surface area contributed by atoms with Crippen LogP contribution in [0.3, 0.4) is 0 Å². The Hall–Kier alpha value is -2.59. The molecular weight excluding hydrogens is 408 g/mol. The van der Waals surface area contributed by atoms with E-state index in [1.165, 1.54) is 17.0 Å². The second-order valence-corrected chi connectivity index (χ2v) is 9.90. The van der Waals surface area contributed by atoms with Gasteiger partial charge in [-0.25, -0.2) is 22.2 Å². The smallest absolute Gasteiger partial charge is 0.261 e. The SMILES string of the molecule is Cc1sc(S(C)(=O)=O)nc1N1CCc2[nH]c(-c3c(F)cccc3F)cc2C1=O. The minimum atomic E-state index is -3.48. The van der Waals surface area contributed by atoms with Crippen LogP contribution in [0.1, 0.15) is 20.9 Å². The zero-order chi connectivity index (χ0) is 20.2. The molecule has 1 aromatic carbocycles. The van der Waals surface area contributed by atoms with E-state index in [1.807, 2.05) is 0 Å². The number of amides is 1. The molecule has 1 aliphatic heterocycles. The summed E-state index contributed by atoms with van der Waals surface area (Å²) < 4.78 is 51.6. The Kier molecular flexibility index (Phi) is 4.35. The highest BCUT2D eigenvalue weighted by molar-refractivity contribution is 7.92. The van der Waals surface area contributed by atoms with Gasteiger partial charge >= 0.3 is 0 Å². The second kappa shape index (κ2) is 6.49.